The molecule has 1 N–H and O–H groups in total. The van der Waals surface area contributed by atoms with Gasteiger partial charge in [0.25, 0.3) is 5.91 Å². The van der Waals surface area contributed by atoms with E-state index >= 15 is 0 Å². The van der Waals surface area contributed by atoms with E-state index in [1.165, 1.54) is 35.4 Å². The third-order valence-corrected chi connectivity index (χ3v) is 5.48. The summed E-state index contributed by atoms with van der Waals surface area (Å²) in [6.45, 7) is 1.72. The lowest BCUT2D eigenvalue weighted by molar-refractivity contribution is -0.115. The lowest BCUT2D eigenvalue weighted by Gasteiger charge is -2.20. The van der Waals surface area contributed by atoms with Gasteiger partial charge in [0.1, 0.15) is 17.3 Å². The number of furan rings is 1. The van der Waals surface area contributed by atoms with Crippen molar-refractivity contribution >= 4 is 46.2 Å². The SMILES string of the molecule is CC(SC1=N/C(=C/c2ccco2)C(=O)N1c1ccccc1)C(=O)Nc1ccc(F)cc1. The molecule has 3 aromatic rings. The average molecular weight is 435 g/mol. The summed E-state index contributed by atoms with van der Waals surface area (Å²) in [6.07, 6.45) is 3.08. The number of halogens is 1. The highest BCUT2D eigenvalue weighted by atomic mass is 32.2. The van der Waals surface area contributed by atoms with Gasteiger partial charge in [-0.25, -0.2) is 9.38 Å². The Hall–Kier alpha value is -3.65. The molecule has 31 heavy (non-hydrogen) atoms. The Morgan fingerprint density at radius 2 is 1.87 bits per heavy atom. The third kappa shape index (κ3) is 4.75. The van der Waals surface area contributed by atoms with Crippen molar-refractivity contribution < 1.29 is 18.4 Å². The number of amides is 2. The third-order valence-electron chi connectivity index (χ3n) is 4.43. The highest BCUT2D eigenvalue weighted by molar-refractivity contribution is 8.15. The van der Waals surface area contributed by atoms with Crippen LogP contribution in [0.15, 0.2) is 88.1 Å². The minimum Gasteiger partial charge on any atom is -0.465 e. The van der Waals surface area contributed by atoms with E-state index in [1.807, 2.05) is 18.2 Å². The normalized spacial score (nSPS) is 15.8. The van der Waals surface area contributed by atoms with Crippen LogP contribution in [0.3, 0.4) is 0 Å². The molecular formula is C23H18FN3O3S. The van der Waals surface area contributed by atoms with Gasteiger partial charge in [-0.15, -0.1) is 0 Å². The molecule has 2 heterocycles. The smallest absolute Gasteiger partial charge is 0.283 e. The van der Waals surface area contributed by atoms with Gasteiger partial charge in [-0.05, 0) is 55.5 Å². The average Bonchev–Trinajstić information content (AvgIpc) is 3.38. The number of nitrogens with one attached hydrogen (secondary N) is 1. The highest BCUT2D eigenvalue weighted by Crippen LogP contribution is 2.31. The summed E-state index contributed by atoms with van der Waals surface area (Å²) in [4.78, 5) is 31.6. The van der Waals surface area contributed by atoms with Crippen LogP contribution < -0.4 is 10.2 Å². The van der Waals surface area contributed by atoms with Gasteiger partial charge < -0.3 is 9.73 Å². The number of thioether (sulfide) groups is 1. The summed E-state index contributed by atoms with van der Waals surface area (Å²) in [7, 11) is 0. The van der Waals surface area contributed by atoms with Gasteiger partial charge in [-0.2, -0.15) is 0 Å². The van der Waals surface area contributed by atoms with Crippen LogP contribution >= 0.6 is 11.8 Å². The number of amidine groups is 1. The first kappa shape index (κ1) is 20.6. The Labute approximate surface area is 182 Å². The Balaban J connectivity index is 1.57. The van der Waals surface area contributed by atoms with Crippen LogP contribution in [0.2, 0.25) is 0 Å². The molecule has 0 aliphatic carbocycles. The zero-order valence-corrected chi connectivity index (χ0v) is 17.3. The number of nitrogens with zero attached hydrogens (tertiary/aromatic N) is 2. The van der Waals surface area contributed by atoms with Crippen molar-refractivity contribution in [1.82, 2.24) is 0 Å². The van der Waals surface area contributed by atoms with Gasteiger partial charge >= 0.3 is 0 Å². The second-order valence-electron chi connectivity index (χ2n) is 6.67. The molecule has 0 saturated carbocycles. The van der Waals surface area contributed by atoms with Gasteiger partial charge in [-0.3, -0.25) is 14.5 Å². The summed E-state index contributed by atoms with van der Waals surface area (Å²) >= 11 is 1.16. The largest absolute Gasteiger partial charge is 0.465 e. The van der Waals surface area contributed by atoms with Crippen molar-refractivity contribution in [3.05, 3.63) is 90.3 Å². The Morgan fingerprint density at radius 1 is 1.13 bits per heavy atom. The number of rotatable bonds is 5. The van der Waals surface area contributed by atoms with Crippen LogP contribution in [0.4, 0.5) is 15.8 Å². The monoisotopic (exact) mass is 435 g/mol. The predicted molar refractivity (Wildman–Crippen MR) is 120 cm³/mol. The number of hydrogen-bond acceptors (Lipinski definition) is 5. The Morgan fingerprint density at radius 3 is 2.55 bits per heavy atom. The lowest BCUT2D eigenvalue weighted by atomic mass is 10.2. The predicted octanol–water partition coefficient (Wildman–Crippen LogP) is 4.92. The second kappa shape index (κ2) is 9.01. The Kier molecular flexibility index (Phi) is 5.99. The molecule has 1 aromatic heterocycles. The molecule has 1 aliphatic rings. The zero-order valence-electron chi connectivity index (χ0n) is 16.5. The zero-order chi connectivity index (χ0) is 21.8. The Bertz CT molecular complexity index is 1140. The number of hydrogen-bond donors (Lipinski definition) is 1. The van der Waals surface area contributed by atoms with E-state index in [9.17, 15) is 14.0 Å². The van der Waals surface area contributed by atoms with E-state index in [0.29, 0.717) is 22.3 Å². The van der Waals surface area contributed by atoms with Crippen LogP contribution in [0.25, 0.3) is 6.08 Å². The van der Waals surface area contributed by atoms with E-state index in [2.05, 4.69) is 10.3 Å². The summed E-state index contributed by atoms with van der Waals surface area (Å²) < 4.78 is 18.4. The van der Waals surface area contributed by atoms with Crippen molar-refractivity contribution in [2.75, 3.05) is 10.2 Å². The summed E-state index contributed by atoms with van der Waals surface area (Å²) in [5.74, 6) is -0.471. The summed E-state index contributed by atoms with van der Waals surface area (Å²) in [5, 5.41) is 2.56. The van der Waals surface area contributed by atoms with E-state index in [4.69, 9.17) is 4.42 Å². The first-order valence-corrected chi connectivity index (χ1v) is 10.4. The van der Waals surface area contributed by atoms with E-state index in [0.717, 1.165) is 11.8 Å². The van der Waals surface area contributed by atoms with Crippen molar-refractivity contribution in [2.45, 2.75) is 12.2 Å². The molecule has 0 fully saturated rings. The lowest BCUT2D eigenvalue weighted by Crippen LogP contribution is -2.33. The molecule has 1 aliphatic heterocycles. The van der Waals surface area contributed by atoms with Crippen LogP contribution in [0.1, 0.15) is 12.7 Å². The molecule has 4 rings (SSSR count). The first-order chi connectivity index (χ1) is 15.0. The van der Waals surface area contributed by atoms with Gasteiger partial charge in [0, 0.05) is 11.8 Å². The first-order valence-electron chi connectivity index (χ1n) is 9.48. The second-order valence-corrected chi connectivity index (χ2v) is 7.98. The summed E-state index contributed by atoms with van der Waals surface area (Å²) in [5.41, 5.74) is 1.35. The molecule has 156 valence electrons. The van der Waals surface area contributed by atoms with Gasteiger partial charge in [0.2, 0.25) is 5.91 Å². The topological polar surface area (TPSA) is 74.9 Å². The number of aliphatic imine (C=N–C) groups is 1. The number of carbonyl (C=O) groups is 2. The number of para-hydroxylation sites is 1. The van der Waals surface area contributed by atoms with Crippen molar-refractivity contribution in [3.63, 3.8) is 0 Å². The van der Waals surface area contributed by atoms with E-state index in [1.54, 1.807) is 37.3 Å². The maximum atomic E-state index is 13.1. The molecule has 0 radical (unpaired) electrons. The fraction of sp³-hybridized carbons (Fsp3) is 0.0870. The number of carbonyl (C=O) groups excluding carboxylic acids is 2. The molecule has 1 atom stereocenters. The van der Waals surface area contributed by atoms with E-state index in [-0.39, 0.29) is 23.3 Å². The molecule has 2 aromatic carbocycles. The highest BCUT2D eigenvalue weighted by Gasteiger charge is 2.34. The molecule has 2 amide bonds. The fourth-order valence-electron chi connectivity index (χ4n) is 2.88. The van der Waals surface area contributed by atoms with Gasteiger partial charge in [0.15, 0.2) is 5.17 Å². The molecule has 1 unspecified atom stereocenters. The maximum Gasteiger partial charge on any atom is 0.283 e. The van der Waals surface area contributed by atoms with Crippen LogP contribution in [-0.4, -0.2) is 22.2 Å². The van der Waals surface area contributed by atoms with Gasteiger partial charge in [0.05, 0.1) is 17.2 Å². The quantitative estimate of drug-likeness (QED) is 0.577. The van der Waals surface area contributed by atoms with Crippen LogP contribution in [0, 0.1) is 5.82 Å². The minimum absolute atomic E-state index is 0.215. The standard InChI is InChI=1S/C23H18FN3O3S/c1-15(21(28)25-17-11-9-16(24)10-12-17)31-23-26-20(14-19-8-5-13-30-19)22(29)27(23)18-6-3-2-4-7-18/h2-15H,1H3,(H,25,28)/b20-14+. The van der Waals surface area contributed by atoms with E-state index < -0.39 is 5.25 Å². The van der Waals surface area contributed by atoms with Crippen LogP contribution in [-0.2, 0) is 9.59 Å². The molecule has 8 heteroatoms. The van der Waals surface area contributed by atoms with Gasteiger partial charge in [-0.1, -0.05) is 30.0 Å². The maximum absolute atomic E-state index is 13.1. The molecule has 0 saturated heterocycles. The molecule has 0 bridgehead atoms. The van der Waals surface area contributed by atoms with Crippen molar-refractivity contribution in [3.8, 4) is 0 Å². The number of anilines is 2. The van der Waals surface area contributed by atoms with Crippen molar-refractivity contribution in [2.24, 2.45) is 4.99 Å². The van der Waals surface area contributed by atoms with Crippen LogP contribution in [0.5, 0.6) is 0 Å². The molecule has 0 spiro atoms. The van der Waals surface area contributed by atoms with Crippen molar-refractivity contribution in [1.29, 1.82) is 0 Å². The summed E-state index contributed by atoms with van der Waals surface area (Å²) in [6, 6.07) is 18.1. The molecule has 6 nitrogen and oxygen atoms in total. The molecular weight excluding hydrogens is 417 g/mol. The minimum atomic E-state index is -0.564. The number of benzene rings is 2. The fourth-order valence-corrected chi connectivity index (χ4v) is 3.80.